The number of fused-ring (bicyclic) bond motifs is 1. The highest BCUT2D eigenvalue weighted by molar-refractivity contribution is 7.90. The maximum atomic E-state index is 11.8. The molecule has 0 fully saturated rings. The number of aliphatic imine (C=N–C) groups is 1. The molecule has 0 aliphatic carbocycles. The molecule has 0 amide bonds. The van der Waals surface area contributed by atoms with Crippen LogP contribution >= 0.6 is 0 Å². The lowest BCUT2D eigenvalue weighted by Gasteiger charge is -2.16. The highest BCUT2D eigenvalue weighted by atomic mass is 32.2. The van der Waals surface area contributed by atoms with Crippen molar-refractivity contribution < 1.29 is 17.9 Å². The van der Waals surface area contributed by atoms with E-state index in [0.29, 0.717) is 37.2 Å². The first-order valence-electron chi connectivity index (χ1n) is 9.50. The summed E-state index contributed by atoms with van der Waals surface area (Å²) in [6.07, 6.45) is 2.08. The van der Waals surface area contributed by atoms with Crippen molar-refractivity contribution in [2.75, 3.05) is 26.5 Å². The molecule has 156 valence electrons. The number of guanidine groups is 1. The molecule has 29 heavy (non-hydrogen) atoms. The number of benzene rings is 2. The first kappa shape index (κ1) is 21.0. The first-order valence-corrected chi connectivity index (χ1v) is 11.4. The van der Waals surface area contributed by atoms with Crippen LogP contribution in [0.1, 0.15) is 23.1 Å². The van der Waals surface area contributed by atoms with Crippen molar-refractivity contribution >= 4 is 15.8 Å². The van der Waals surface area contributed by atoms with E-state index >= 15 is 0 Å². The largest absolute Gasteiger partial charge is 0.490 e. The number of nitrogens with one attached hydrogen (secondary N) is 2. The van der Waals surface area contributed by atoms with E-state index in [2.05, 4.69) is 15.6 Å². The van der Waals surface area contributed by atoms with Crippen molar-refractivity contribution in [2.24, 2.45) is 4.99 Å². The van der Waals surface area contributed by atoms with Crippen molar-refractivity contribution in [3.8, 4) is 11.5 Å². The van der Waals surface area contributed by atoms with Crippen LogP contribution in [0.2, 0.25) is 0 Å². The van der Waals surface area contributed by atoms with Crippen molar-refractivity contribution in [3.05, 3.63) is 53.1 Å². The molecule has 0 atom stereocenters. The van der Waals surface area contributed by atoms with Crippen LogP contribution in [0.15, 0.2) is 46.3 Å². The number of hydrogen-bond acceptors (Lipinski definition) is 5. The SMILES string of the molecule is CN=C(NCc1ccc(S(C)(=O)=O)c(C)c1)NCc1cccc2c1OCCCO2. The molecular formula is C21H27N3O4S. The molecule has 2 aromatic carbocycles. The summed E-state index contributed by atoms with van der Waals surface area (Å²) in [6.45, 7) is 4.16. The third-order valence-electron chi connectivity index (χ3n) is 4.62. The summed E-state index contributed by atoms with van der Waals surface area (Å²) in [6, 6.07) is 11.2. The lowest BCUT2D eigenvalue weighted by atomic mass is 10.1. The van der Waals surface area contributed by atoms with Gasteiger partial charge in [0.15, 0.2) is 27.3 Å². The average molecular weight is 418 g/mol. The fourth-order valence-electron chi connectivity index (χ4n) is 3.22. The molecule has 7 nitrogen and oxygen atoms in total. The molecule has 0 unspecified atom stereocenters. The van der Waals surface area contributed by atoms with Crippen LogP contribution in [0.3, 0.4) is 0 Å². The summed E-state index contributed by atoms with van der Waals surface area (Å²) in [5, 5.41) is 6.54. The molecule has 0 spiro atoms. The van der Waals surface area contributed by atoms with E-state index in [9.17, 15) is 8.42 Å². The summed E-state index contributed by atoms with van der Waals surface area (Å²) < 4.78 is 35.1. The van der Waals surface area contributed by atoms with Crippen molar-refractivity contribution in [2.45, 2.75) is 31.3 Å². The van der Waals surface area contributed by atoms with E-state index in [0.717, 1.165) is 34.6 Å². The first-order chi connectivity index (χ1) is 13.9. The Morgan fingerprint density at radius 3 is 2.59 bits per heavy atom. The number of nitrogens with zero attached hydrogens (tertiary/aromatic N) is 1. The van der Waals surface area contributed by atoms with E-state index < -0.39 is 9.84 Å². The van der Waals surface area contributed by atoms with Crippen LogP contribution in [-0.2, 0) is 22.9 Å². The number of rotatable bonds is 5. The van der Waals surface area contributed by atoms with Gasteiger partial charge in [0.25, 0.3) is 0 Å². The maximum Gasteiger partial charge on any atom is 0.191 e. The van der Waals surface area contributed by atoms with Crippen LogP contribution < -0.4 is 20.1 Å². The number of sulfone groups is 1. The van der Waals surface area contributed by atoms with Crippen LogP contribution in [-0.4, -0.2) is 40.9 Å². The standard InChI is InChI=1S/C21H27N3O4S/c1-15-12-16(8-9-19(15)29(3,25)26)13-23-21(22-2)24-14-17-6-4-7-18-20(17)28-11-5-10-27-18/h4,6-9,12H,5,10-11,13-14H2,1-3H3,(H2,22,23,24). The average Bonchev–Trinajstić information content (AvgIpc) is 2.93. The van der Waals surface area contributed by atoms with E-state index in [1.54, 1.807) is 20.0 Å². The Morgan fingerprint density at radius 2 is 1.86 bits per heavy atom. The van der Waals surface area contributed by atoms with Crippen LogP contribution in [0.4, 0.5) is 0 Å². The second kappa shape index (κ2) is 9.17. The smallest absolute Gasteiger partial charge is 0.191 e. The molecule has 2 N–H and O–H groups in total. The molecule has 1 heterocycles. The van der Waals surface area contributed by atoms with Gasteiger partial charge in [0.05, 0.1) is 18.1 Å². The lowest BCUT2D eigenvalue weighted by Crippen LogP contribution is -2.36. The van der Waals surface area contributed by atoms with Gasteiger partial charge in [-0.25, -0.2) is 8.42 Å². The summed E-state index contributed by atoms with van der Waals surface area (Å²) in [5.41, 5.74) is 2.71. The summed E-state index contributed by atoms with van der Waals surface area (Å²) >= 11 is 0. The summed E-state index contributed by atoms with van der Waals surface area (Å²) in [4.78, 5) is 4.61. The van der Waals surface area contributed by atoms with Crippen LogP contribution in [0, 0.1) is 6.92 Å². The molecule has 0 aromatic heterocycles. The third-order valence-corrected chi connectivity index (χ3v) is 5.88. The predicted molar refractivity (Wildman–Crippen MR) is 113 cm³/mol. The van der Waals surface area contributed by atoms with E-state index in [1.807, 2.05) is 30.3 Å². The zero-order chi connectivity index (χ0) is 20.9. The van der Waals surface area contributed by atoms with Crippen LogP contribution in [0.5, 0.6) is 11.5 Å². The zero-order valence-electron chi connectivity index (χ0n) is 17.0. The molecule has 1 aliphatic heterocycles. The molecule has 1 aliphatic rings. The third kappa shape index (κ3) is 5.41. The zero-order valence-corrected chi connectivity index (χ0v) is 17.8. The van der Waals surface area contributed by atoms with Crippen molar-refractivity contribution in [3.63, 3.8) is 0 Å². The van der Waals surface area contributed by atoms with Gasteiger partial charge in [-0.2, -0.15) is 0 Å². The normalized spacial score (nSPS) is 14.2. The number of aryl methyl sites for hydroxylation is 1. The Morgan fingerprint density at radius 1 is 1.10 bits per heavy atom. The second-order valence-electron chi connectivity index (χ2n) is 6.95. The minimum absolute atomic E-state index is 0.357. The molecule has 2 aromatic rings. The Bertz CT molecular complexity index is 1000. The predicted octanol–water partition coefficient (Wildman–Crippen LogP) is 2.43. The Kier molecular flexibility index (Phi) is 6.64. The molecule has 3 rings (SSSR count). The Hall–Kier alpha value is -2.74. The Labute approximate surface area is 172 Å². The number of hydrogen-bond donors (Lipinski definition) is 2. The fraction of sp³-hybridized carbons (Fsp3) is 0.381. The fourth-order valence-corrected chi connectivity index (χ4v) is 4.18. The van der Waals surface area contributed by atoms with Gasteiger partial charge in [-0.05, 0) is 30.2 Å². The topological polar surface area (TPSA) is 89.0 Å². The quantitative estimate of drug-likeness (QED) is 0.574. The monoisotopic (exact) mass is 417 g/mol. The highest BCUT2D eigenvalue weighted by Gasteiger charge is 2.15. The highest BCUT2D eigenvalue weighted by Crippen LogP contribution is 2.33. The second-order valence-corrected chi connectivity index (χ2v) is 8.93. The summed E-state index contributed by atoms with van der Waals surface area (Å²) in [7, 11) is -1.51. The van der Waals surface area contributed by atoms with E-state index in [4.69, 9.17) is 9.47 Å². The van der Waals surface area contributed by atoms with Gasteiger partial charge in [-0.1, -0.05) is 24.3 Å². The van der Waals surface area contributed by atoms with Gasteiger partial charge in [0.2, 0.25) is 0 Å². The molecule has 8 heteroatoms. The van der Waals surface area contributed by atoms with Crippen molar-refractivity contribution in [1.29, 1.82) is 0 Å². The maximum absolute atomic E-state index is 11.8. The summed E-state index contributed by atoms with van der Waals surface area (Å²) in [5.74, 6) is 2.19. The molecule has 0 saturated heterocycles. The van der Waals surface area contributed by atoms with Gasteiger partial charge in [0.1, 0.15) is 0 Å². The molecular weight excluding hydrogens is 390 g/mol. The number of ether oxygens (including phenoxy) is 2. The van der Waals surface area contributed by atoms with Crippen LogP contribution in [0.25, 0.3) is 0 Å². The molecule has 0 saturated carbocycles. The van der Waals surface area contributed by atoms with Gasteiger partial charge in [-0.3, -0.25) is 4.99 Å². The van der Waals surface area contributed by atoms with E-state index in [-0.39, 0.29) is 0 Å². The van der Waals surface area contributed by atoms with Gasteiger partial charge in [-0.15, -0.1) is 0 Å². The minimum atomic E-state index is -3.21. The Balaban J connectivity index is 1.62. The van der Waals surface area contributed by atoms with Gasteiger partial charge >= 0.3 is 0 Å². The number of para-hydroxylation sites is 1. The molecule has 0 bridgehead atoms. The minimum Gasteiger partial charge on any atom is -0.490 e. The van der Waals surface area contributed by atoms with Gasteiger partial charge in [0, 0.05) is 38.4 Å². The van der Waals surface area contributed by atoms with Gasteiger partial charge < -0.3 is 20.1 Å². The molecule has 0 radical (unpaired) electrons. The van der Waals surface area contributed by atoms with Crippen molar-refractivity contribution in [1.82, 2.24) is 10.6 Å². The van der Waals surface area contributed by atoms with E-state index in [1.165, 1.54) is 6.26 Å². The lowest BCUT2D eigenvalue weighted by molar-refractivity contribution is 0.296.